The maximum Gasteiger partial charge on any atom is 0.343 e. The zero-order valence-electron chi connectivity index (χ0n) is 17.3. The number of hydrogen-bond acceptors (Lipinski definition) is 4. The molecule has 6 nitrogen and oxygen atoms in total. The Bertz CT molecular complexity index is 1290. The number of halogens is 1. The molecular formula is C23H21FN2O4S. The third-order valence-electron chi connectivity index (χ3n) is 5.21. The molecule has 0 unspecified atom stereocenters. The number of anilines is 2. The summed E-state index contributed by atoms with van der Waals surface area (Å²) in [6.07, 6.45) is 0. The lowest BCUT2D eigenvalue weighted by atomic mass is 10.1. The van der Waals surface area contributed by atoms with Gasteiger partial charge in [0.2, 0.25) is 0 Å². The summed E-state index contributed by atoms with van der Waals surface area (Å²) in [5.41, 5.74) is 2.66. The number of para-hydroxylation sites is 1. The smallest absolute Gasteiger partial charge is 0.343 e. The van der Waals surface area contributed by atoms with Crippen molar-refractivity contribution in [3.05, 3.63) is 83.2 Å². The van der Waals surface area contributed by atoms with Crippen LogP contribution in [0.25, 0.3) is 0 Å². The SMILES string of the molecule is COc1ccc(CN2C(=O)N(c3ccc(C)cc3C)S(=O)(=O)c3ccccc32)cc1F. The fourth-order valence-corrected chi connectivity index (χ4v) is 5.38. The highest BCUT2D eigenvalue weighted by Crippen LogP contribution is 2.39. The number of benzene rings is 3. The molecule has 0 bridgehead atoms. The number of hydrogen-bond donors (Lipinski definition) is 0. The number of sulfonamides is 1. The zero-order valence-corrected chi connectivity index (χ0v) is 18.1. The Balaban J connectivity index is 1.85. The van der Waals surface area contributed by atoms with E-state index in [2.05, 4.69) is 0 Å². The highest BCUT2D eigenvalue weighted by molar-refractivity contribution is 7.94. The first-order valence-electron chi connectivity index (χ1n) is 9.59. The van der Waals surface area contributed by atoms with E-state index in [9.17, 15) is 17.6 Å². The fraction of sp³-hybridized carbons (Fsp3) is 0.174. The molecule has 0 aromatic heterocycles. The van der Waals surface area contributed by atoms with Gasteiger partial charge in [0, 0.05) is 0 Å². The van der Waals surface area contributed by atoms with Gasteiger partial charge < -0.3 is 4.74 Å². The van der Waals surface area contributed by atoms with Gasteiger partial charge in [0.1, 0.15) is 4.90 Å². The zero-order chi connectivity index (χ0) is 22.3. The molecular weight excluding hydrogens is 419 g/mol. The van der Waals surface area contributed by atoms with Gasteiger partial charge in [-0.2, -0.15) is 4.31 Å². The maximum absolute atomic E-state index is 14.2. The second-order valence-corrected chi connectivity index (χ2v) is 9.12. The van der Waals surface area contributed by atoms with Gasteiger partial charge in [-0.25, -0.2) is 17.6 Å². The van der Waals surface area contributed by atoms with E-state index in [1.165, 1.54) is 30.2 Å². The average molecular weight is 440 g/mol. The van der Waals surface area contributed by atoms with Crippen molar-refractivity contribution in [2.45, 2.75) is 25.3 Å². The lowest BCUT2D eigenvalue weighted by Crippen LogP contribution is -2.51. The Kier molecular flexibility index (Phi) is 5.18. The predicted octanol–water partition coefficient (Wildman–Crippen LogP) is 4.79. The van der Waals surface area contributed by atoms with Crippen LogP contribution in [-0.4, -0.2) is 21.6 Å². The van der Waals surface area contributed by atoms with Crippen molar-refractivity contribution in [3.63, 3.8) is 0 Å². The van der Waals surface area contributed by atoms with E-state index in [0.717, 1.165) is 9.87 Å². The number of nitrogens with zero attached hydrogens (tertiary/aromatic N) is 2. The van der Waals surface area contributed by atoms with Gasteiger partial charge in [0.15, 0.2) is 11.6 Å². The van der Waals surface area contributed by atoms with Gasteiger partial charge in [-0.15, -0.1) is 0 Å². The minimum atomic E-state index is -4.12. The van der Waals surface area contributed by atoms with Gasteiger partial charge in [-0.3, -0.25) is 4.90 Å². The van der Waals surface area contributed by atoms with Crippen LogP contribution in [0.1, 0.15) is 16.7 Å². The molecule has 8 heteroatoms. The first-order valence-corrected chi connectivity index (χ1v) is 11.0. The van der Waals surface area contributed by atoms with E-state index in [4.69, 9.17) is 4.74 Å². The number of aryl methyl sites for hydroxylation is 2. The number of urea groups is 1. The molecule has 0 N–H and O–H groups in total. The third-order valence-corrected chi connectivity index (χ3v) is 6.94. The van der Waals surface area contributed by atoms with Crippen LogP contribution >= 0.6 is 0 Å². The molecule has 0 fully saturated rings. The van der Waals surface area contributed by atoms with Gasteiger partial charge in [-0.1, -0.05) is 35.9 Å². The molecule has 3 aromatic rings. The number of rotatable bonds is 4. The quantitative estimate of drug-likeness (QED) is 0.585. The van der Waals surface area contributed by atoms with Gasteiger partial charge >= 0.3 is 6.03 Å². The van der Waals surface area contributed by atoms with Crippen LogP contribution in [0.5, 0.6) is 5.75 Å². The second-order valence-electron chi connectivity index (χ2n) is 7.36. The average Bonchev–Trinajstić information content (AvgIpc) is 2.73. The molecule has 1 heterocycles. The summed E-state index contributed by atoms with van der Waals surface area (Å²) < 4.78 is 46.8. The fourth-order valence-electron chi connectivity index (χ4n) is 3.72. The summed E-state index contributed by atoms with van der Waals surface area (Å²) in [6, 6.07) is 15.2. The second kappa shape index (κ2) is 7.70. The molecule has 31 heavy (non-hydrogen) atoms. The largest absolute Gasteiger partial charge is 0.494 e. The topological polar surface area (TPSA) is 66.9 Å². The van der Waals surface area contributed by atoms with E-state index in [1.54, 1.807) is 43.3 Å². The van der Waals surface area contributed by atoms with Crippen molar-refractivity contribution < 1.29 is 22.3 Å². The van der Waals surface area contributed by atoms with Crippen molar-refractivity contribution in [2.24, 2.45) is 0 Å². The van der Waals surface area contributed by atoms with E-state index in [-0.39, 0.29) is 28.6 Å². The first kappa shape index (κ1) is 20.9. The van der Waals surface area contributed by atoms with Crippen molar-refractivity contribution >= 4 is 27.4 Å². The number of fused-ring (bicyclic) bond motifs is 1. The molecule has 2 amide bonds. The van der Waals surface area contributed by atoms with Gasteiger partial charge in [0.25, 0.3) is 10.0 Å². The molecule has 160 valence electrons. The predicted molar refractivity (Wildman–Crippen MR) is 117 cm³/mol. The summed E-state index contributed by atoms with van der Waals surface area (Å²) in [4.78, 5) is 14.9. The highest BCUT2D eigenvalue weighted by atomic mass is 32.2. The molecule has 0 atom stereocenters. The molecule has 0 saturated heterocycles. The van der Waals surface area contributed by atoms with E-state index < -0.39 is 21.9 Å². The summed E-state index contributed by atoms with van der Waals surface area (Å²) in [6.45, 7) is 3.64. The summed E-state index contributed by atoms with van der Waals surface area (Å²) in [5.74, 6) is -0.467. The van der Waals surface area contributed by atoms with Crippen molar-refractivity contribution in [1.29, 1.82) is 0 Å². The highest BCUT2D eigenvalue weighted by Gasteiger charge is 2.42. The van der Waals surface area contributed by atoms with Crippen LogP contribution in [0.3, 0.4) is 0 Å². The Morgan fingerprint density at radius 2 is 1.71 bits per heavy atom. The number of methoxy groups -OCH3 is 1. The molecule has 1 aliphatic heterocycles. The Morgan fingerprint density at radius 1 is 0.968 bits per heavy atom. The van der Waals surface area contributed by atoms with Crippen molar-refractivity contribution in [2.75, 3.05) is 16.3 Å². The minimum Gasteiger partial charge on any atom is -0.494 e. The van der Waals surface area contributed by atoms with Crippen LogP contribution in [0.4, 0.5) is 20.6 Å². The molecule has 0 saturated carbocycles. The van der Waals surface area contributed by atoms with Crippen molar-refractivity contribution in [1.82, 2.24) is 0 Å². The monoisotopic (exact) mass is 440 g/mol. The first-order chi connectivity index (χ1) is 14.7. The molecule has 4 rings (SSSR count). The maximum atomic E-state index is 14.2. The minimum absolute atomic E-state index is 0.00626. The van der Waals surface area contributed by atoms with E-state index >= 15 is 0 Å². The molecule has 3 aromatic carbocycles. The van der Waals surface area contributed by atoms with Crippen LogP contribution in [-0.2, 0) is 16.6 Å². The number of carbonyl (C=O) groups excluding carboxylic acids is 1. The summed E-state index contributed by atoms with van der Waals surface area (Å²) >= 11 is 0. The molecule has 0 spiro atoms. The van der Waals surface area contributed by atoms with Gasteiger partial charge in [0.05, 0.1) is 25.0 Å². The molecule has 0 aliphatic carbocycles. The van der Waals surface area contributed by atoms with E-state index in [0.29, 0.717) is 11.1 Å². The molecule has 1 aliphatic rings. The van der Waals surface area contributed by atoms with Gasteiger partial charge in [-0.05, 0) is 55.3 Å². The van der Waals surface area contributed by atoms with Crippen LogP contribution < -0.4 is 13.9 Å². The van der Waals surface area contributed by atoms with Crippen LogP contribution in [0.15, 0.2) is 65.6 Å². The molecule has 0 radical (unpaired) electrons. The number of amides is 2. The van der Waals surface area contributed by atoms with Crippen molar-refractivity contribution in [3.8, 4) is 5.75 Å². The summed E-state index contributed by atoms with van der Waals surface area (Å²) in [5, 5.41) is 0. The van der Waals surface area contributed by atoms with E-state index in [1.807, 2.05) is 13.0 Å². The lowest BCUT2D eigenvalue weighted by molar-refractivity contribution is 0.253. The Morgan fingerprint density at radius 3 is 2.39 bits per heavy atom. The van der Waals surface area contributed by atoms with Crippen LogP contribution in [0.2, 0.25) is 0 Å². The lowest BCUT2D eigenvalue weighted by Gasteiger charge is -2.36. The summed E-state index contributed by atoms with van der Waals surface area (Å²) in [7, 11) is -2.75. The number of carbonyl (C=O) groups is 1. The van der Waals surface area contributed by atoms with Crippen LogP contribution in [0, 0.1) is 19.7 Å². The Hall–Kier alpha value is -3.39. The standard InChI is InChI=1S/C23H21FN2O4S/c1-15-8-10-19(16(2)12-15)26-23(27)25(14-17-9-11-21(30-3)18(24)13-17)20-6-4-5-7-22(20)31(26,28)29/h4-13H,14H2,1-3H3. The third kappa shape index (κ3) is 3.53. The number of ether oxygens (including phenoxy) is 1. The normalized spacial score (nSPS) is 15.0. The Labute approximate surface area is 180 Å².